The van der Waals surface area contributed by atoms with Gasteiger partial charge in [0.2, 0.25) is 0 Å². The van der Waals surface area contributed by atoms with E-state index >= 15 is 0 Å². The van der Waals surface area contributed by atoms with E-state index in [1.807, 2.05) is 18.2 Å². The van der Waals surface area contributed by atoms with Gasteiger partial charge in [-0.15, -0.1) is 0 Å². The van der Waals surface area contributed by atoms with E-state index in [9.17, 15) is 0 Å². The minimum atomic E-state index is 0.510. The third kappa shape index (κ3) is 1.98. The number of halogens is 1. The number of benzene rings is 2. The molecule has 1 heterocycles. The summed E-state index contributed by atoms with van der Waals surface area (Å²) >= 11 is 6.35. The highest BCUT2D eigenvalue weighted by atomic mass is 35.5. The lowest BCUT2D eigenvalue weighted by Crippen LogP contribution is -1.94. The van der Waals surface area contributed by atoms with Gasteiger partial charge in [-0.1, -0.05) is 23.7 Å². The van der Waals surface area contributed by atoms with Crippen LogP contribution in [0.3, 0.4) is 0 Å². The molecule has 0 amide bonds. The van der Waals surface area contributed by atoms with Gasteiger partial charge in [0, 0.05) is 17.8 Å². The molecule has 0 saturated carbocycles. The Hall–Kier alpha value is -1.87. The molecule has 104 valence electrons. The Labute approximate surface area is 123 Å². The smallest absolute Gasteiger partial charge is 0.149 e. The normalized spacial score (nSPS) is 12.8. The van der Waals surface area contributed by atoms with Crippen LogP contribution in [0.2, 0.25) is 5.02 Å². The highest BCUT2D eigenvalue weighted by Crippen LogP contribution is 2.44. The van der Waals surface area contributed by atoms with Gasteiger partial charge >= 0.3 is 0 Å². The second-order valence-electron chi connectivity index (χ2n) is 4.67. The summed E-state index contributed by atoms with van der Waals surface area (Å²) < 4.78 is 10.7. The van der Waals surface area contributed by atoms with Crippen molar-refractivity contribution in [1.82, 2.24) is 0 Å². The van der Waals surface area contributed by atoms with E-state index in [1.165, 1.54) is 11.3 Å². The van der Waals surface area contributed by atoms with Gasteiger partial charge in [0.1, 0.15) is 16.5 Å². The Bertz CT molecular complexity index is 655. The number of fused-ring (bicyclic) bond motifs is 1. The maximum Gasteiger partial charge on any atom is 0.149 e. The Morgan fingerprint density at radius 2 is 1.90 bits per heavy atom. The van der Waals surface area contributed by atoms with Gasteiger partial charge in [0.25, 0.3) is 0 Å². The van der Waals surface area contributed by atoms with Gasteiger partial charge in [-0.3, -0.25) is 0 Å². The summed E-state index contributed by atoms with van der Waals surface area (Å²) in [6, 6.07) is 10.1. The second-order valence-corrected chi connectivity index (χ2v) is 5.05. The van der Waals surface area contributed by atoms with E-state index in [-0.39, 0.29) is 0 Å². The lowest BCUT2D eigenvalue weighted by atomic mass is 9.97. The SMILES string of the molecule is COc1ccc(-c2cccc3c2CCN3)c(OC)c1Cl. The predicted molar refractivity (Wildman–Crippen MR) is 82.2 cm³/mol. The van der Waals surface area contributed by atoms with Crippen LogP contribution in [0, 0.1) is 0 Å². The van der Waals surface area contributed by atoms with Crippen LogP contribution in [-0.2, 0) is 6.42 Å². The molecular formula is C16H16ClNO2. The molecule has 1 aliphatic heterocycles. The monoisotopic (exact) mass is 289 g/mol. The van der Waals surface area contributed by atoms with Crippen LogP contribution >= 0.6 is 11.6 Å². The molecule has 0 aromatic heterocycles. The van der Waals surface area contributed by atoms with Crippen molar-refractivity contribution in [3.05, 3.63) is 40.9 Å². The molecule has 20 heavy (non-hydrogen) atoms. The number of anilines is 1. The molecular weight excluding hydrogens is 274 g/mol. The average Bonchev–Trinajstić information content (AvgIpc) is 2.95. The van der Waals surface area contributed by atoms with Crippen molar-refractivity contribution < 1.29 is 9.47 Å². The largest absolute Gasteiger partial charge is 0.495 e. The first-order valence-electron chi connectivity index (χ1n) is 6.53. The molecule has 1 N–H and O–H groups in total. The van der Waals surface area contributed by atoms with Crippen molar-refractivity contribution >= 4 is 17.3 Å². The first-order chi connectivity index (χ1) is 9.76. The molecule has 2 aromatic carbocycles. The van der Waals surface area contributed by atoms with E-state index in [2.05, 4.69) is 17.4 Å². The summed E-state index contributed by atoms with van der Waals surface area (Å²) in [6.45, 7) is 0.971. The van der Waals surface area contributed by atoms with Crippen LogP contribution in [0.25, 0.3) is 11.1 Å². The van der Waals surface area contributed by atoms with Gasteiger partial charge in [0.05, 0.1) is 14.2 Å². The molecule has 0 unspecified atom stereocenters. The standard InChI is InChI=1S/C16H16ClNO2/c1-19-14-7-6-12(16(20-2)15(14)17)10-4-3-5-13-11(10)8-9-18-13/h3-7,18H,8-9H2,1-2H3. The fourth-order valence-corrected chi connectivity index (χ4v) is 3.02. The fraction of sp³-hybridized carbons (Fsp3) is 0.250. The molecule has 3 rings (SSSR count). The molecule has 0 aliphatic carbocycles. The minimum absolute atomic E-state index is 0.510. The van der Waals surface area contributed by atoms with E-state index in [4.69, 9.17) is 21.1 Å². The maximum atomic E-state index is 6.35. The Morgan fingerprint density at radius 1 is 1.05 bits per heavy atom. The van der Waals surface area contributed by atoms with Crippen LogP contribution in [0.4, 0.5) is 5.69 Å². The number of nitrogens with one attached hydrogen (secondary N) is 1. The molecule has 4 heteroatoms. The first-order valence-corrected chi connectivity index (χ1v) is 6.90. The van der Waals surface area contributed by atoms with E-state index in [1.54, 1.807) is 14.2 Å². The lowest BCUT2D eigenvalue weighted by Gasteiger charge is -2.15. The van der Waals surface area contributed by atoms with Crippen molar-refractivity contribution in [2.24, 2.45) is 0 Å². The van der Waals surface area contributed by atoms with Gasteiger partial charge in [-0.25, -0.2) is 0 Å². The van der Waals surface area contributed by atoms with Crippen molar-refractivity contribution in [1.29, 1.82) is 0 Å². The third-order valence-electron chi connectivity index (χ3n) is 3.64. The molecule has 0 fully saturated rings. The maximum absolute atomic E-state index is 6.35. The van der Waals surface area contributed by atoms with Crippen LogP contribution < -0.4 is 14.8 Å². The number of hydrogen-bond donors (Lipinski definition) is 1. The number of methoxy groups -OCH3 is 2. The lowest BCUT2D eigenvalue weighted by molar-refractivity contribution is 0.396. The molecule has 2 aromatic rings. The highest BCUT2D eigenvalue weighted by Gasteiger charge is 2.20. The molecule has 1 aliphatic rings. The van der Waals surface area contributed by atoms with Gasteiger partial charge in [-0.05, 0) is 35.7 Å². The van der Waals surface area contributed by atoms with E-state index in [0.717, 1.165) is 24.1 Å². The van der Waals surface area contributed by atoms with Crippen molar-refractivity contribution in [3.8, 4) is 22.6 Å². The van der Waals surface area contributed by atoms with Gasteiger partial charge in [0.15, 0.2) is 0 Å². The highest BCUT2D eigenvalue weighted by molar-refractivity contribution is 6.34. The minimum Gasteiger partial charge on any atom is -0.495 e. The molecule has 3 nitrogen and oxygen atoms in total. The fourth-order valence-electron chi connectivity index (χ4n) is 2.70. The zero-order valence-corrected chi connectivity index (χ0v) is 12.3. The average molecular weight is 290 g/mol. The molecule has 0 bridgehead atoms. The molecule has 0 atom stereocenters. The quantitative estimate of drug-likeness (QED) is 0.927. The van der Waals surface area contributed by atoms with Crippen LogP contribution in [-0.4, -0.2) is 20.8 Å². The summed E-state index contributed by atoms with van der Waals surface area (Å²) in [5.41, 5.74) is 4.66. The third-order valence-corrected chi connectivity index (χ3v) is 4.00. The topological polar surface area (TPSA) is 30.5 Å². The van der Waals surface area contributed by atoms with E-state index in [0.29, 0.717) is 16.5 Å². The summed E-state index contributed by atoms with van der Waals surface area (Å²) in [5.74, 6) is 1.28. The number of rotatable bonds is 3. The zero-order valence-electron chi connectivity index (χ0n) is 11.5. The van der Waals surface area contributed by atoms with Crippen molar-refractivity contribution in [2.75, 3.05) is 26.1 Å². The zero-order chi connectivity index (χ0) is 14.1. The van der Waals surface area contributed by atoms with Crippen LogP contribution in [0.5, 0.6) is 11.5 Å². The summed E-state index contributed by atoms with van der Waals surface area (Å²) in [5, 5.41) is 3.90. The van der Waals surface area contributed by atoms with Crippen molar-refractivity contribution in [2.45, 2.75) is 6.42 Å². The van der Waals surface area contributed by atoms with Crippen LogP contribution in [0.1, 0.15) is 5.56 Å². The second kappa shape index (κ2) is 5.25. The molecule has 0 spiro atoms. The van der Waals surface area contributed by atoms with Gasteiger partial charge in [-0.2, -0.15) is 0 Å². The number of ether oxygens (including phenoxy) is 2. The Morgan fingerprint density at radius 3 is 2.65 bits per heavy atom. The van der Waals surface area contributed by atoms with Crippen molar-refractivity contribution in [3.63, 3.8) is 0 Å². The Balaban J connectivity index is 2.21. The first kappa shape index (κ1) is 13.1. The molecule has 0 saturated heterocycles. The van der Waals surface area contributed by atoms with Crippen LogP contribution in [0.15, 0.2) is 30.3 Å². The van der Waals surface area contributed by atoms with E-state index < -0.39 is 0 Å². The summed E-state index contributed by atoms with van der Waals surface area (Å²) in [7, 11) is 3.23. The molecule has 0 radical (unpaired) electrons. The Kier molecular flexibility index (Phi) is 3.45. The summed E-state index contributed by atoms with van der Waals surface area (Å²) in [4.78, 5) is 0. The summed E-state index contributed by atoms with van der Waals surface area (Å²) in [6.07, 6.45) is 1.01. The number of hydrogen-bond acceptors (Lipinski definition) is 3. The predicted octanol–water partition coefficient (Wildman–Crippen LogP) is 3.99. The van der Waals surface area contributed by atoms with Gasteiger partial charge < -0.3 is 14.8 Å².